The SMILES string of the molecule is CC(C)N1C(=O)CC(N2CCC(OCC(=O)O)CC2)C1=O. The molecule has 0 radical (unpaired) electrons. The molecule has 2 fully saturated rings. The maximum Gasteiger partial charge on any atom is 0.329 e. The van der Waals surface area contributed by atoms with Gasteiger partial charge in [-0.25, -0.2) is 4.79 Å². The van der Waals surface area contributed by atoms with Crippen LogP contribution in [0.5, 0.6) is 0 Å². The van der Waals surface area contributed by atoms with Gasteiger partial charge in [-0.05, 0) is 26.7 Å². The standard InChI is InChI=1S/C14H22N2O5/c1-9(2)16-12(17)7-11(14(16)20)15-5-3-10(4-6-15)21-8-13(18)19/h9-11H,3-8H2,1-2H3,(H,18,19). The van der Waals surface area contributed by atoms with Crippen LogP contribution in [0.1, 0.15) is 33.1 Å². The number of amides is 2. The molecule has 0 aliphatic carbocycles. The van der Waals surface area contributed by atoms with E-state index in [0.717, 1.165) is 0 Å². The highest BCUT2D eigenvalue weighted by molar-refractivity contribution is 6.05. The van der Waals surface area contributed by atoms with Crippen LogP contribution in [-0.4, -0.2) is 70.6 Å². The lowest BCUT2D eigenvalue weighted by Crippen LogP contribution is -2.48. The molecule has 118 valence electrons. The van der Waals surface area contributed by atoms with E-state index in [2.05, 4.69) is 0 Å². The second-order valence-corrected chi connectivity index (χ2v) is 5.86. The first-order valence-electron chi connectivity index (χ1n) is 7.33. The van der Waals surface area contributed by atoms with Gasteiger partial charge in [0.05, 0.1) is 18.6 Å². The Morgan fingerprint density at radius 1 is 1.33 bits per heavy atom. The van der Waals surface area contributed by atoms with E-state index >= 15 is 0 Å². The lowest BCUT2D eigenvalue weighted by Gasteiger charge is -2.34. The van der Waals surface area contributed by atoms with Crippen molar-refractivity contribution in [2.75, 3.05) is 19.7 Å². The summed E-state index contributed by atoms with van der Waals surface area (Å²) in [4.78, 5) is 38.1. The van der Waals surface area contributed by atoms with Crippen molar-refractivity contribution < 1.29 is 24.2 Å². The molecule has 7 nitrogen and oxygen atoms in total. The molecule has 0 aromatic carbocycles. The summed E-state index contributed by atoms with van der Waals surface area (Å²) in [7, 11) is 0. The van der Waals surface area contributed by atoms with E-state index in [1.54, 1.807) is 0 Å². The summed E-state index contributed by atoms with van der Waals surface area (Å²) in [5.41, 5.74) is 0. The van der Waals surface area contributed by atoms with Crippen LogP contribution in [0.3, 0.4) is 0 Å². The van der Waals surface area contributed by atoms with Gasteiger partial charge in [-0.1, -0.05) is 0 Å². The average Bonchev–Trinajstić information content (AvgIpc) is 2.72. The van der Waals surface area contributed by atoms with E-state index in [9.17, 15) is 14.4 Å². The van der Waals surface area contributed by atoms with Crippen molar-refractivity contribution in [2.45, 2.75) is 51.3 Å². The predicted octanol–water partition coefficient (Wildman–Crippen LogP) is 0.0879. The van der Waals surface area contributed by atoms with E-state index in [-0.39, 0.29) is 43.0 Å². The van der Waals surface area contributed by atoms with Crippen molar-refractivity contribution >= 4 is 17.8 Å². The summed E-state index contributed by atoms with van der Waals surface area (Å²) in [6.45, 7) is 4.70. The molecule has 2 aliphatic rings. The van der Waals surface area contributed by atoms with Gasteiger partial charge < -0.3 is 9.84 Å². The van der Waals surface area contributed by atoms with Crippen LogP contribution in [0.15, 0.2) is 0 Å². The minimum Gasteiger partial charge on any atom is -0.480 e. The van der Waals surface area contributed by atoms with Crippen LogP contribution < -0.4 is 0 Å². The normalized spacial score (nSPS) is 25.1. The van der Waals surface area contributed by atoms with Crippen molar-refractivity contribution in [1.82, 2.24) is 9.80 Å². The van der Waals surface area contributed by atoms with Gasteiger partial charge in [-0.15, -0.1) is 0 Å². The van der Waals surface area contributed by atoms with Crippen molar-refractivity contribution in [1.29, 1.82) is 0 Å². The van der Waals surface area contributed by atoms with E-state index in [1.165, 1.54) is 4.90 Å². The molecule has 2 amide bonds. The molecule has 0 spiro atoms. The molecule has 0 aromatic rings. The van der Waals surface area contributed by atoms with Gasteiger partial charge in [0.25, 0.3) is 0 Å². The number of carbonyl (C=O) groups is 3. The van der Waals surface area contributed by atoms with Crippen LogP contribution in [0, 0.1) is 0 Å². The Morgan fingerprint density at radius 3 is 2.43 bits per heavy atom. The number of imide groups is 1. The topological polar surface area (TPSA) is 87.2 Å². The number of rotatable bonds is 5. The Morgan fingerprint density at radius 2 is 1.95 bits per heavy atom. The van der Waals surface area contributed by atoms with E-state index in [4.69, 9.17) is 9.84 Å². The van der Waals surface area contributed by atoms with Crippen LogP contribution in [-0.2, 0) is 19.1 Å². The maximum atomic E-state index is 12.3. The second-order valence-electron chi connectivity index (χ2n) is 5.86. The van der Waals surface area contributed by atoms with Gasteiger partial charge in [0.15, 0.2) is 0 Å². The highest BCUT2D eigenvalue weighted by Crippen LogP contribution is 2.24. The third-order valence-corrected chi connectivity index (χ3v) is 4.04. The quantitative estimate of drug-likeness (QED) is 0.724. The maximum absolute atomic E-state index is 12.3. The molecule has 1 atom stereocenters. The third-order valence-electron chi connectivity index (χ3n) is 4.04. The summed E-state index contributed by atoms with van der Waals surface area (Å²) >= 11 is 0. The number of hydrogen-bond donors (Lipinski definition) is 1. The first-order chi connectivity index (χ1) is 9.90. The average molecular weight is 298 g/mol. The number of likely N-dealkylation sites (tertiary alicyclic amines) is 2. The van der Waals surface area contributed by atoms with E-state index < -0.39 is 5.97 Å². The summed E-state index contributed by atoms with van der Waals surface area (Å²) < 4.78 is 5.27. The monoisotopic (exact) mass is 298 g/mol. The second kappa shape index (κ2) is 6.53. The first kappa shape index (κ1) is 15.9. The molecule has 1 N–H and O–H groups in total. The van der Waals surface area contributed by atoms with Gasteiger partial charge in [-0.2, -0.15) is 0 Å². The molecular formula is C14H22N2O5. The number of carbonyl (C=O) groups excluding carboxylic acids is 2. The highest BCUT2D eigenvalue weighted by Gasteiger charge is 2.43. The molecule has 0 bridgehead atoms. The van der Waals surface area contributed by atoms with Crippen LogP contribution in [0.25, 0.3) is 0 Å². The Labute approximate surface area is 123 Å². The number of piperidine rings is 1. The van der Waals surface area contributed by atoms with Gasteiger partial charge in [0, 0.05) is 19.1 Å². The fourth-order valence-electron chi connectivity index (χ4n) is 3.01. The van der Waals surface area contributed by atoms with Crippen molar-refractivity contribution in [3.8, 4) is 0 Å². The highest BCUT2D eigenvalue weighted by atomic mass is 16.5. The molecular weight excluding hydrogens is 276 g/mol. The fourth-order valence-corrected chi connectivity index (χ4v) is 3.01. The lowest BCUT2D eigenvalue weighted by atomic mass is 10.0. The van der Waals surface area contributed by atoms with Crippen LogP contribution in [0.2, 0.25) is 0 Å². The first-order valence-corrected chi connectivity index (χ1v) is 7.33. The number of aliphatic carboxylic acids is 1. The van der Waals surface area contributed by atoms with Crippen molar-refractivity contribution in [3.05, 3.63) is 0 Å². The number of hydrogen-bond acceptors (Lipinski definition) is 5. The van der Waals surface area contributed by atoms with Crippen molar-refractivity contribution in [3.63, 3.8) is 0 Å². The number of ether oxygens (including phenoxy) is 1. The molecule has 21 heavy (non-hydrogen) atoms. The molecule has 0 aromatic heterocycles. The number of nitrogens with zero attached hydrogens (tertiary/aromatic N) is 2. The zero-order valence-electron chi connectivity index (χ0n) is 12.4. The van der Waals surface area contributed by atoms with Crippen LogP contribution >= 0.6 is 0 Å². The predicted molar refractivity (Wildman–Crippen MR) is 73.6 cm³/mol. The Hall–Kier alpha value is -1.47. The molecule has 1 unspecified atom stereocenters. The van der Waals surface area contributed by atoms with Crippen LogP contribution in [0.4, 0.5) is 0 Å². The molecule has 2 aliphatic heterocycles. The number of carboxylic acid groups (broad SMARTS) is 1. The Balaban J connectivity index is 1.87. The van der Waals surface area contributed by atoms with E-state index in [0.29, 0.717) is 25.9 Å². The van der Waals surface area contributed by atoms with Gasteiger partial charge >= 0.3 is 5.97 Å². The summed E-state index contributed by atoms with van der Waals surface area (Å²) in [5.74, 6) is -1.19. The molecule has 2 rings (SSSR count). The number of carboxylic acids is 1. The molecule has 2 heterocycles. The van der Waals surface area contributed by atoms with Gasteiger partial charge in [0.2, 0.25) is 11.8 Å². The summed E-state index contributed by atoms with van der Waals surface area (Å²) in [6, 6.07) is -0.466. The minimum atomic E-state index is -0.971. The lowest BCUT2D eigenvalue weighted by molar-refractivity contribution is -0.145. The fraction of sp³-hybridized carbons (Fsp3) is 0.786. The van der Waals surface area contributed by atoms with Gasteiger partial charge in [-0.3, -0.25) is 19.4 Å². The van der Waals surface area contributed by atoms with E-state index in [1.807, 2.05) is 18.7 Å². The zero-order chi connectivity index (χ0) is 15.6. The Kier molecular flexibility index (Phi) is 4.95. The zero-order valence-corrected chi connectivity index (χ0v) is 12.4. The van der Waals surface area contributed by atoms with Crippen molar-refractivity contribution in [2.24, 2.45) is 0 Å². The molecule has 0 saturated carbocycles. The smallest absolute Gasteiger partial charge is 0.329 e. The molecule has 2 saturated heterocycles. The minimum absolute atomic E-state index is 0.0780. The summed E-state index contributed by atoms with van der Waals surface area (Å²) in [6.07, 6.45) is 1.54. The van der Waals surface area contributed by atoms with Gasteiger partial charge in [0.1, 0.15) is 6.61 Å². The summed E-state index contributed by atoms with van der Waals surface area (Å²) in [5, 5.41) is 8.59. The Bertz CT molecular complexity index is 429. The molecule has 7 heteroatoms. The third kappa shape index (κ3) is 3.59. The largest absolute Gasteiger partial charge is 0.480 e.